The summed E-state index contributed by atoms with van der Waals surface area (Å²) < 4.78 is 5.59. The standard InChI is InChI=1S/C26H36N4O3S2/c1-6-16(2)30(25(32)33-26(3,4)5)14-12-21(31)29-24-22(17-11-13-27-15-20(17)35-24)23-28-18-9-7-8-10-19(18)34-23/h7-10,16,23,27-28H,6,11-15H2,1-5H3,(H,29,31). The van der Waals surface area contributed by atoms with Crippen molar-refractivity contribution in [1.82, 2.24) is 10.2 Å². The number of thiophene rings is 1. The first-order valence-corrected chi connectivity index (χ1v) is 14.0. The number of rotatable bonds is 7. The third-order valence-corrected chi connectivity index (χ3v) is 8.60. The van der Waals surface area contributed by atoms with E-state index in [4.69, 9.17) is 4.74 Å². The van der Waals surface area contributed by atoms with Gasteiger partial charge in [-0.05, 0) is 64.8 Å². The highest BCUT2D eigenvalue weighted by Crippen LogP contribution is 2.51. The number of benzene rings is 1. The average Bonchev–Trinajstić information content (AvgIpc) is 3.38. The van der Waals surface area contributed by atoms with Crippen molar-refractivity contribution in [1.29, 1.82) is 0 Å². The molecule has 4 rings (SSSR count). The second-order valence-corrected chi connectivity index (χ2v) is 12.3. The van der Waals surface area contributed by atoms with Crippen molar-refractivity contribution < 1.29 is 14.3 Å². The van der Waals surface area contributed by atoms with E-state index in [1.165, 1.54) is 20.9 Å². The Labute approximate surface area is 216 Å². The van der Waals surface area contributed by atoms with Crippen molar-refractivity contribution >= 4 is 45.8 Å². The molecule has 2 aromatic rings. The van der Waals surface area contributed by atoms with E-state index in [2.05, 4.69) is 34.1 Å². The molecule has 1 aromatic heterocycles. The van der Waals surface area contributed by atoms with E-state index in [0.29, 0.717) is 6.54 Å². The second kappa shape index (κ2) is 10.8. The maximum atomic E-state index is 13.1. The van der Waals surface area contributed by atoms with Gasteiger partial charge in [0.1, 0.15) is 16.0 Å². The van der Waals surface area contributed by atoms with E-state index in [0.717, 1.165) is 36.6 Å². The Balaban J connectivity index is 1.48. The number of carbonyl (C=O) groups excluding carboxylic acids is 2. The number of hydrogen-bond acceptors (Lipinski definition) is 7. The van der Waals surface area contributed by atoms with Crippen LogP contribution in [0.2, 0.25) is 0 Å². The molecule has 7 nitrogen and oxygen atoms in total. The molecule has 3 heterocycles. The first-order chi connectivity index (χ1) is 16.7. The predicted octanol–water partition coefficient (Wildman–Crippen LogP) is 5.97. The number of anilines is 2. The molecule has 0 saturated heterocycles. The number of hydrogen-bond donors (Lipinski definition) is 3. The van der Waals surface area contributed by atoms with Gasteiger partial charge in [0, 0.05) is 46.6 Å². The van der Waals surface area contributed by atoms with Gasteiger partial charge in [-0.25, -0.2) is 4.79 Å². The SMILES string of the molecule is CCC(C)N(CCC(=O)Nc1sc2c(c1C1Nc3ccccc3S1)CCNC2)C(=O)OC(C)(C)C. The summed E-state index contributed by atoms with van der Waals surface area (Å²) in [6.07, 6.45) is 1.59. The number of thioether (sulfide) groups is 1. The molecule has 0 spiro atoms. The van der Waals surface area contributed by atoms with Gasteiger partial charge in [-0.3, -0.25) is 4.79 Å². The maximum Gasteiger partial charge on any atom is 0.410 e. The van der Waals surface area contributed by atoms with Crippen molar-refractivity contribution in [3.63, 3.8) is 0 Å². The molecular weight excluding hydrogens is 480 g/mol. The van der Waals surface area contributed by atoms with Gasteiger partial charge in [-0.15, -0.1) is 11.3 Å². The highest BCUT2D eigenvalue weighted by molar-refractivity contribution is 8.00. The second-order valence-electron chi connectivity index (χ2n) is 10.0. The minimum atomic E-state index is -0.576. The van der Waals surface area contributed by atoms with Gasteiger partial charge in [0.25, 0.3) is 0 Å². The molecular formula is C26H36N4O3S2. The number of ether oxygens (including phenoxy) is 1. The molecule has 0 radical (unpaired) electrons. The predicted molar refractivity (Wildman–Crippen MR) is 144 cm³/mol. The minimum absolute atomic E-state index is 0.00840. The lowest BCUT2D eigenvalue weighted by Crippen LogP contribution is -2.43. The Bertz CT molecular complexity index is 1050. The van der Waals surface area contributed by atoms with Gasteiger partial charge in [0.2, 0.25) is 5.91 Å². The molecule has 3 N–H and O–H groups in total. The van der Waals surface area contributed by atoms with Crippen molar-refractivity contribution in [2.24, 2.45) is 0 Å². The van der Waals surface area contributed by atoms with Crippen LogP contribution in [-0.4, -0.2) is 41.6 Å². The molecule has 9 heteroatoms. The van der Waals surface area contributed by atoms with Gasteiger partial charge < -0.3 is 25.6 Å². The Hall–Kier alpha value is -2.23. The molecule has 0 fully saturated rings. The fraction of sp³-hybridized carbons (Fsp3) is 0.538. The minimum Gasteiger partial charge on any atom is -0.444 e. The van der Waals surface area contributed by atoms with Crippen LogP contribution in [0, 0.1) is 0 Å². The topological polar surface area (TPSA) is 82.7 Å². The third kappa shape index (κ3) is 6.13. The van der Waals surface area contributed by atoms with Crippen molar-refractivity contribution in [3.05, 3.63) is 40.3 Å². The number of nitrogens with zero attached hydrogens (tertiary/aromatic N) is 1. The first kappa shape index (κ1) is 25.9. The largest absolute Gasteiger partial charge is 0.444 e. The molecule has 0 bridgehead atoms. The molecule has 2 amide bonds. The summed E-state index contributed by atoms with van der Waals surface area (Å²) in [7, 11) is 0. The van der Waals surface area contributed by atoms with Crippen LogP contribution in [-0.2, 0) is 22.5 Å². The van der Waals surface area contributed by atoms with Crippen LogP contribution >= 0.6 is 23.1 Å². The lowest BCUT2D eigenvalue weighted by atomic mass is 10.0. The van der Waals surface area contributed by atoms with E-state index in [1.54, 1.807) is 28.0 Å². The van der Waals surface area contributed by atoms with Gasteiger partial charge in [0.05, 0.1) is 0 Å². The summed E-state index contributed by atoms with van der Waals surface area (Å²) in [5.41, 5.74) is 3.09. The van der Waals surface area contributed by atoms with Crippen LogP contribution in [0.3, 0.4) is 0 Å². The van der Waals surface area contributed by atoms with E-state index in [1.807, 2.05) is 40.7 Å². The summed E-state index contributed by atoms with van der Waals surface area (Å²) >= 11 is 3.46. The van der Waals surface area contributed by atoms with E-state index in [9.17, 15) is 9.59 Å². The van der Waals surface area contributed by atoms with E-state index < -0.39 is 5.60 Å². The first-order valence-electron chi connectivity index (χ1n) is 12.3. The zero-order valence-corrected chi connectivity index (χ0v) is 22.8. The third-order valence-electron chi connectivity index (χ3n) is 6.23. The molecule has 2 unspecified atom stereocenters. The van der Waals surface area contributed by atoms with Crippen LogP contribution in [0.1, 0.15) is 68.8 Å². The van der Waals surface area contributed by atoms with E-state index >= 15 is 0 Å². The van der Waals surface area contributed by atoms with Crippen LogP contribution in [0.15, 0.2) is 29.2 Å². The van der Waals surface area contributed by atoms with Crippen LogP contribution in [0.5, 0.6) is 0 Å². The number of para-hydroxylation sites is 1. The van der Waals surface area contributed by atoms with Gasteiger partial charge in [0.15, 0.2) is 0 Å². The van der Waals surface area contributed by atoms with Crippen molar-refractivity contribution in [2.45, 2.75) is 82.3 Å². The lowest BCUT2D eigenvalue weighted by Gasteiger charge is -2.31. The molecule has 1 aromatic carbocycles. The normalized spacial score (nSPS) is 17.7. The quantitative estimate of drug-likeness (QED) is 0.420. The van der Waals surface area contributed by atoms with Crippen molar-refractivity contribution in [3.8, 4) is 0 Å². The zero-order chi connectivity index (χ0) is 25.2. The van der Waals surface area contributed by atoms with Crippen LogP contribution in [0.4, 0.5) is 15.5 Å². The molecule has 35 heavy (non-hydrogen) atoms. The Morgan fingerprint density at radius 1 is 1.29 bits per heavy atom. The molecule has 2 atom stereocenters. The van der Waals surface area contributed by atoms with Crippen LogP contribution < -0.4 is 16.0 Å². The summed E-state index contributed by atoms with van der Waals surface area (Å²) in [5.74, 6) is -0.0878. The zero-order valence-electron chi connectivity index (χ0n) is 21.2. The molecule has 190 valence electrons. The van der Waals surface area contributed by atoms with Gasteiger partial charge in [-0.2, -0.15) is 0 Å². The fourth-order valence-corrected chi connectivity index (χ4v) is 6.87. The molecule has 0 aliphatic carbocycles. The monoisotopic (exact) mass is 516 g/mol. The van der Waals surface area contributed by atoms with E-state index in [-0.39, 0.29) is 29.8 Å². The Morgan fingerprint density at radius 2 is 2.06 bits per heavy atom. The Morgan fingerprint density at radius 3 is 2.77 bits per heavy atom. The average molecular weight is 517 g/mol. The summed E-state index contributed by atoms with van der Waals surface area (Å²) in [5, 5.41) is 11.3. The molecule has 0 saturated carbocycles. The molecule has 2 aliphatic heterocycles. The van der Waals surface area contributed by atoms with Crippen molar-refractivity contribution in [2.75, 3.05) is 23.7 Å². The number of amides is 2. The highest BCUT2D eigenvalue weighted by atomic mass is 32.2. The maximum absolute atomic E-state index is 13.1. The summed E-state index contributed by atoms with van der Waals surface area (Å²) in [6, 6.07) is 8.32. The molecule has 2 aliphatic rings. The highest BCUT2D eigenvalue weighted by Gasteiger charge is 2.32. The number of fused-ring (bicyclic) bond motifs is 2. The number of carbonyl (C=O) groups is 2. The summed E-state index contributed by atoms with van der Waals surface area (Å²) in [4.78, 5) is 30.0. The number of nitrogens with one attached hydrogen (secondary N) is 3. The fourth-order valence-electron chi connectivity index (χ4n) is 4.29. The Kier molecular flexibility index (Phi) is 7.98. The van der Waals surface area contributed by atoms with Gasteiger partial charge >= 0.3 is 6.09 Å². The smallest absolute Gasteiger partial charge is 0.410 e. The summed E-state index contributed by atoms with van der Waals surface area (Å²) in [6.45, 7) is 11.7. The van der Waals surface area contributed by atoms with Crippen LogP contribution in [0.25, 0.3) is 0 Å². The van der Waals surface area contributed by atoms with Gasteiger partial charge in [-0.1, -0.05) is 30.8 Å². The lowest BCUT2D eigenvalue weighted by molar-refractivity contribution is -0.116.